The number of hydrogen-bond donors (Lipinski definition) is 0. The van der Waals surface area contributed by atoms with Crippen molar-refractivity contribution in [3.63, 3.8) is 0 Å². The second-order valence-corrected chi connectivity index (χ2v) is 5.98. The number of nitrogens with zero attached hydrogens (tertiary/aromatic N) is 3. The molecule has 0 atom stereocenters. The Hall–Kier alpha value is -3.60. The summed E-state index contributed by atoms with van der Waals surface area (Å²) < 4.78 is 0. The van der Waals surface area contributed by atoms with Gasteiger partial charge in [-0.05, 0) is 17.7 Å². The molecular formula is C21H15N3O2. The molecule has 1 heterocycles. The van der Waals surface area contributed by atoms with Gasteiger partial charge in [0.15, 0.2) is 0 Å². The number of nitro benzene ring substituents is 1. The standard InChI is InChI=1S/C21H15N3O2/c25-24(26)17-10-6-7-15(13-17)14-20-21(16-8-2-1-3-9-16)23-19-12-5-4-11-18(19)22-20/h1-13H,14H2. The van der Waals surface area contributed by atoms with Gasteiger partial charge in [-0.2, -0.15) is 0 Å². The van der Waals surface area contributed by atoms with E-state index in [1.54, 1.807) is 12.1 Å². The van der Waals surface area contributed by atoms with E-state index in [0.717, 1.165) is 33.5 Å². The molecule has 0 aliphatic heterocycles. The van der Waals surface area contributed by atoms with Crippen LogP contribution in [0, 0.1) is 10.1 Å². The van der Waals surface area contributed by atoms with Crippen LogP contribution in [0.5, 0.6) is 0 Å². The Labute approximate surface area is 150 Å². The van der Waals surface area contributed by atoms with Crippen LogP contribution in [0.15, 0.2) is 78.9 Å². The zero-order valence-electron chi connectivity index (χ0n) is 13.9. The number of para-hydroxylation sites is 2. The molecule has 1 aromatic heterocycles. The number of aromatic nitrogens is 2. The van der Waals surface area contributed by atoms with Crippen LogP contribution in [0.4, 0.5) is 5.69 Å². The van der Waals surface area contributed by atoms with Crippen molar-refractivity contribution in [3.05, 3.63) is 100 Å². The summed E-state index contributed by atoms with van der Waals surface area (Å²) in [5.74, 6) is 0. The summed E-state index contributed by atoms with van der Waals surface area (Å²) in [4.78, 5) is 20.3. The fourth-order valence-corrected chi connectivity index (χ4v) is 2.96. The first-order chi connectivity index (χ1) is 12.7. The van der Waals surface area contributed by atoms with Crippen molar-refractivity contribution in [2.45, 2.75) is 6.42 Å². The van der Waals surface area contributed by atoms with Gasteiger partial charge in [-0.1, -0.05) is 54.6 Å². The van der Waals surface area contributed by atoms with Crippen molar-refractivity contribution >= 4 is 16.7 Å². The van der Waals surface area contributed by atoms with Gasteiger partial charge >= 0.3 is 0 Å². The van der Waals surface area contributed by atoms with Crippen molar-refractivity contribution in [1.82, 2.24) is 9.97 Å². The molecule has 0 bridgehead atoms. The molecular weight excluding hydrogens is 326 g/mol. The Morgan fingerprint density at radius 1 is 0.808 bits per heavy atom. The van der Waals surface area contributed by atoms with Crippen LogP contribution < -0.4 is 0 Å². The zero-order valence-corrected chi connectivity index (χ0v) is 13.9. The van der Waals surface area contributed by atoms with E-state index in [1.807, 2.05) is 60.7 Å². The van der Waals surface area contributed by atoms with Gasteiger partial charge < -0.3 is 0 Å². The summed E-state index contributed by atoms with van der Waals surface area (Å²) in [6, 6.07) is 24.3. The lowest BCUT2D eigenvalue weighted by atomic mass is 10.0. The molecule has 0 N–H and O–H groups in total. The predicted octanol–water partition coefficient (Wildman–Crippen LogP) is 4.80. The van der Waals surface area contributed by atoms with E-state index in [4.69, 9.17) is 9.97 Å². The molecule has 26 heavy (non-hydrogen) atoms. The molecule has 126 valence electrons. The van der Waals surface area contributed by atoms with Gasteiger partial charge in [0.25, 0.3) is 5.69 Å². The van der Waals surface area contributed by atoms with E-state index in [0.29, 0.717) is 6.42 Å². The Morgan fingerprint density at radius 2 is 1.50 bits per heavy atom. The van der Waals surface area contributed by atoms with Gasteiger partial charge in [0.05, 0.1) is 27.3 Å². The third-order valence-corrected chi connectivity index (χ3v) is 4.18. The maximum Gasteiger partial charge on any atom is 0.269 e. The lowest BCUT2D eigenvalue weighted by Crippen LogP contribution is -2.01. The average Bonchev–Trinajstić information content (AvgIpc) is 2.68. The highest BCUT2D eigenvalue weighted by Gasteiger charge is 2.13. The summed E-state index contributed by atoms with van der Waals surface area (Å²) in [6.45, 7) is 0. The minimum atomic E-state index is -0.381. The highest BCUT2D eigenvalue weighted by molar-refractivity contribution is 5.78. The van der Waals surface area contributed by atoms with Crippen LogP contribution in [0.2, 0.25) is 0 Å². The Morgan fingerprint density at radius 3 is 2.23 bits per heavy atom. The van der Waals surface area contributed by atoms with Crippen LogP contribution >= 0.6 is 0 Å². The van der Waals surface area contributed by atoms with Crippen LogP contribution in [-0.4, -0.2) is 14.9 Å². The Bertz CT molecular complexity index is 1090. The lowest BCUT2D eigenvalue weighted by Gasteiger charge is -2.10. The molecule has 0 radical (unpaired) electrons. The molecule has 4 rings (SSSR count). The third kappa shape index (κ3) is 3.15. The first-order valence-corrected chi connectivity index (χ1v) is 8.25. The van der Waals surface area contributed by atoms with Gasteiger partial charge in [0.2, 0.25) is 0 Å². The minimum Gasteiger partial charge on any atom is -0.258 e. The summed E-state index contributed by atoms with van der Waals surface area (Å²) in [5, 5.41) is 11.0. The van der Waals surface area contributed by atoms with Crippen molar-refractivity contribution in [2.75, 3.05) is 0 Å². The summed E-state index contributed by atoms with van der Waals surface area (Å²) in [6.07, 6.45) is 0.476. The molecule has 3 aromatic carbocycles. The molecule has 0 saturated heterocycles. The first-order valence-electron chi connectivity index (χ1n) is 8.25. The van der Waals surface area contributed by atoms with Gasteiger partial charge in [0, 0.05) is 24.1 Å². The molecule has 4 aromatic rings. The molecule has 0 fully saturated rings. The molecule has 0 aliphatic carbocycles. The Balaban J connectivity index is 1.85. The lowest BCUT2D eigenvalue weighted by molar-refractivity contribution is -0.384. The van der Waals surface area contributed by atoms with Crippen LogP contribution in [0.1, 0.15) is 11.3 Å². The van der Waals surface area contributed by atoms with E-state index in [2.05, 4.69) is 0 Å². The average molecular weight is 341 g/mol. The fraction of sp³-hybridized carbons (Fsp3) is 0.0476. The van der Waals surface area contributed by atoms with Crippen LogP contribution in [-0.2, 0) is 6.42 Å². The number of rotatable bonds is 4. The maximum absolute atomic E-state index is 11.0. The topological polar surface area (TPSA) is 68.9 Å². The summed E-state index contributed by atoms with van der Waals surface area (Å²) >= 11 is 0. The number of fused-ring (bicyclic) bond motifs is 1. The smallest absolute Gasteiger partial charge is 0.258 e. The Kier molecular flexibility index (Phi) is 4.11. The van der Waals surface area contributed by atoms with Crippen LogP contribution in [0.25, 0.3) is 22.3 Å². The zero-order chi connectivity index (χ0) is 17.9. The monoisotopic (exact) mass is 341 g/mol. The molecule has 0 saturated carbocycles. The van der Waals surface area contributed by atoms with Crippen molar-refractivity contribution in [1.29, 1.82) is 0 Å². The van der Waals surface area contributed by atoms with Gasteiger partial charge in [-0.25, -0.2) is 9.97 Å². The third-order valence-electron chi connectivity index (χ3n) is 4.18. The SMILES string of the molecule is O=[N+]([O-])c1cccc(Cc2nc3ccccc3nc2-c2ccccc2)c1. The second kappa shape index (κ2) is 6.72. The second-order valence-electron chi connectivity index (χ2n) is 5.98. The largest absolute Gasteiger partial charge is 0.269 e. The van der Waals surface area contributed by atoms with E-state index < -0.39 is 0 Å². The normalized spacial score (nSPS) is 10.8. The molecule has 5 heteroatoms. The van der Waals surface area contributed by atoms with Gasteiger partial charge in [-0.3, -0.25) is 10.1 Å². The number of non-ortho nitro benzene ring substituents is 1. The van der Waals surface area contributed by atoms with Crippen molar-refractivity contribution < 1.29 is 4.92 Å². The quantitative estimate of drug-likeness (QED) is 0.395. The predicted molar refractivity (Wildman–Crippen MR) is 101 cm³/mol. The van der Waals surface area contributed by atoms with Crippen LogP contribution in [0.3, 0.4) is 0 Å². The van der Waals surface area contributed by atoms with Gasteiger partial charge in [-0.15, -0.1) is 0 Å². The number of nitro groups is 1. The first kappa shape index (κ1) is 15.9. The summed E-state index contributed by atoms with van der Waals surface area (Å²) in [5.41, 5.74) is 5.14. The highest BCUT2D eigenvalue weighted by atomic mass is 16.6. The van der Waals surface area contributed by atoms with Gasteiger partial charge in [0.1, 0.15) is 0 Å². The molecule has 0 amide bonds. The van der Waals surface area contributed by atoms with Crippen molar-refractivity contribution in [2.24, 2.45) is 0 Å². The maximum atomic E-state index is 11.0. The molecule has 0 unspecified atom stereocenters. The van der Waals surface area contributed by atoms with E-state index in [1.165, 1.54) is 6.07 Å². The minimum absolute atomic E-state index is 0.0810. The number of benzene rings is 3. The number of hydrogen-bond acceptors (Lipinski definition) is 4. The van der Waals surface area contributed by atoms with E-state index in [9.17, 15) is 10.1 Å². The van der Waals surface area contributed by atoms with E-state index >= 15 is 0 Å². The van der Waals surface area contributed by atoms with E-state index in [-0.39, 0.29) is 10.6 Å². The highest BCUT2D eigenvalue weighted by Crippen LogP contribution is 2.26. The fourth-order valence-electron chi connectivity index (χ4n) is 2.96. The molecule has 0 aliphatic rings. The summed E-state index contributed by atoms with van der Waals surface area (Å²) in [7, 11) is 0. The molecule has 5 nitrogen and oxygen atoms in total. The molecule has 0 spiro atoms. The van der Waals surface area contributed by atoms with Crippen molar-refractivity contribution in [3.8, 4) is 11.3 Å².